The van der Waals surface area contributed by atoms with Crippen LogP contribution in [0.1, 0.15) is 18.9 Å². The van der Waals surface area contributed by atoms with E-state index in [4.69, 9.17) is 0 Å². The molecule has 0 bridgehead atoms. The summed E-state index contributed by atoms with van der Waals surface area (Å²) in [6.45, 7) is 4.30. The van der Waals surface area contributed by atoms with Crippen molar-refractivity contribution in [3.8, 4) is 0 Å². The van der Waals surface area contributed by atoms with Crippen molar-refractivity contribution in [3.63, 3.8) is 0 Å². The molecule has 1 amide bonds. The van der Waals surface area contributed by atoms with Crippen LogP contribution in [0.25, 0.3) is 0 Å². The van der Waals surface area contributed by atoms with Crippen LogP contribution in [-0.4, -0.2) is 37.8 Å². The second kappa shape index (κ2) is 6.36. The van der Waals surface area contributed by atoms with Gasteiger partial charge in [0.1, 0.15) is 6.04 Å². The number of hydrogen-bond acceptors (Lipinski definition) is 3. The van der Waals surface area contributed by atoms with Gasteiger partial charge in [0.15, 0.2) is 0 Å². The molecule has 1 aliphatic rings. The lowest BCUT2D eigenvalue weighted by molar-refractivity contribution is -0.126. The fourth-order valence-corrected chi connectivity index (χ4v) is 5.63. The molecule has 5 nitrogen and oxygen atoms in total. The maximum absolute atomic E-state index is 12.9. The van der Waals surface area contributed by atoms with E-state index in [1.807, 2.05) is 6.92 Å². The molecule has 1 saturated heterocycles. The predicted octanol–water partition coefficient (Wildman–Crippen LogP) is 2.42. The zero-order valence-corrected chi connectivity index (χ0v) is 15.7. The summed E-state index contributed by atoms with van der Waals surface area (Å²) in [5, 5.41) is 2.71. The number of piperazine rings is 1. The van der Waals surface area contributed by atoms with Crippen LogP contribution in [0.3, 0.4) is 0 Å². The van der Waals surface area contributed by atoms with E-state index in [1.165, 1.54) is 4.31 Å². The number of aryl methyl sites for hydroxylation is 1. The third-order valence-corrected chi connectivity index (χ3v) is 7.19. The summed E-state index contributed by atoms with van der Waals surface area (Å²) in [7, 11) is -3.73. The largest absolute Gasteiger partial charge is 0.353 e. The van der Waals surface area contributed by atoms with Crippen molar-refractivity contribution >= 4 is 47.8 Å². The van der Waals surface area contributed by atoms with Crippen molar-refractivity contribution in [2.45, 2.75) is 31.2 Å². The van der Waals surface area contributed by atoms with Gasteiger partial charge in [0.2, 0.25) is 15.9 Å². The summed E-state index contributed by atoms with van der Waals surface area (Å²) in [6, 6.07) is 2.67. The normalized spacial score (nSPS) is 20.4. The Morgan fingerprint density at radius 1 is 1.33 bits per heavy atom. The van der Waals surface area contributed by atoms with Gasteiger partial charge >= 0.3 is 0 Å². The summed E-state index contributed by atoms with van der Waals surface area (Å²) < 4.78 is 28.3. The van der Waals surface area contributed by atoms with Gasteiger partial charge in [0.25, 0.3) is 0 Å². The van der Waals surface area contributed by atoms with Gasteiger partial charge in [-0.25, -0.2) is 8.42 Å². The summed E-state index contributed by atoms with van der Waals surface area (Å²) >= 11 is 6.67. The number of halogens is 2. The quantitative estimate of drug-likeness (QED) is 0.786. The topological polar surface area (TPSA) is 66.5 Å². The number of hydrogen-bond donors (Lipinski definition) is 1. The van der Waals surface area contributed by atoms with E-state index in [0.717, 1.165) is 10.0 Å². The second-order valence-corrected chi connectivity index (χ2v) is 8.43. The van der Waals surface area contributed by atoms with Crippen LogP contribution in [0.4, 0.5) is 0 Å². The maximum Gasteiger partial charge on any atom is 0.245 e. The third kappa shape index (κ3) is 3.18. The molecular formula is C13H16Br2N2O3S. The minimum Gasteiger partial charge on any atom is -0.353 e. The number of sulfonamides is 1. The first kappa shape index (κ1) is 16.9. The van der Waals surface area contributed by atoms with Crippen molar-refractivity contribution in [2.75, 3.05) is 13.1 Å². The summed E-state index contributed by atoms with van der Waals surface area (Å²) in [5.41, 5.74) is 0.934. The molecular weight excluding hydrogens is 424 g/mol. The standard InChI is InChI=1S/C13H16Br2N2O3S/c1-3-11-13(18)16-4-5-17(11)21(19,20)12-7-9(14)8(2)6-10(12)15/h6-7,11H,3-5H2,1-2H3,(H,16,18). The number of nitrogens with zero attached hydrogens (tertiary/aromatic N) is 1. The molecule has 1 fully saturated rings. The molecule has 0 saturated carbocycles. The van der Waals surface area contributed by atoms with Gasteiger partial charge in [-0.3, -0.25) is 4.79 Å². The molecule has 1 unspecified atom stereocenters. The van der Waals surface area contributed by atoms with E-state index in [-0.39, 0.29) is 17.3 Å². The Morgan fingerprint density at radius 3 is 2.62 bits per heavy atom. The molecule has 21 heavy (non-hydrogen) atoms. The van der Waals surface area contributed by atoms with Crippen molar-refractivity contribution < 1.29 is 13.2 Å². The van der Waals surface area contributed by atoms with Crippen molar-refractivity contribution in [1.29, 1.82) is 0 Å². The highest BCUT2D eigenvalue weighted by atomic mass is 79.9. The monoisotopic (exact) mass is 438 g/mol. The SMILES string of the molecule is CCC1C(=O)NCCN1S(=O)(=O)c1cc(Br)c(C)cc1Br. The van der Waals surface area contributed by atoms with Crippen molar-refractivity contribution in [1.82, 2.24) is 9.62 Å². The smallest absolute Gasteiger partial charge is 0.245 e. The van der Waals surface area contributed by atoms with Crippen LogP contribution in [0.5, 0.6) is 0 Å². The minimum atomic E-state index is -3.73. The fourth-order valence-electron chi connectivity index (χ4n) is 2.32. The summed E-state index contributed by atoms with van der Waals surface area (Å²) in [6.07, 6.45) is 0.440. The third-order valence-electron chi connectivity index (χ3n) is 3.47. The molecule has 0 aromatic heterocycles. The molecule has 0 aliphatic carbocycles. The zero-order valence-electron chi connectivity index (χ0n) is 11.7. The first-order valence-corrected chi connectivity index (χ1v) is 9.56. The number of carbonyl (C=O) groups is 1. The van der Waals surface area contributed by atoms with Gasteiger partial charge in [-0.15, -0.1) is 0 Å². The fraction of sp³-hybridized carbons (Fsp3) is 0.462. The molecule has 8 heteroatoms. The van der Waals surface area contributed by atoms with E-state index < -0.39 is 16.1 Å². The molecule has 1 N–H and O–H groups in total. The van der Waals surface area contributed by atoms with E-state index >= 15 is 0 Å². The summed E-state index contributed by atoms with van der Waals surface area (Å²) in [4.78, 5) is 12.1. The molecule has 1 atom stereocenters. The van der Waals surface area contributed by atoms with Crippen LogP contribution < -0.4 is 5.32 Å². The Bertz CT molecular complexity index is 676. The Morgan fingerprint density at radius 2 is 2.00 bits per heavy atom. The highest BCUT2D eigenvalue weighted by Gasteiger charge is 2.38. The molecule has 0 spiro atoms. The van der Waals surface area contributed by atoms with Gasteiger partial charge in [0, 0.05) is 22.0 Å². The van der Waals surface area contributed by atoms with Gasteiger partial charge in [0.05, 0.1) is 4.90 Å². The Kier molecular flexibility index (Phi) is 5.12. The Balaban J connectivity index is 2.51. The number of carbonyl (C=O) groups excluding carboxylic acids is 1. The highest BCUT2D eigenvalue weighted by Crippen LogP contribution is 2.32. The number of amides is 1. The van der Waals surface area contributed by atoms with Gasteiger partial charge in [-0.1, -0.05) is 22.9 Å². The lowest BCUT2D eigenvalue weighted by Crippen LogP contribution is -2.56. The predicted molar refractivity (Wildman–Crippen MR) is 87.6 cm³/mol. The van der Waals surface area contributed by atoms with E-state index in [9.17, 15) is 13.2 Å². The molecule has 116 valence electrons. The average Bonchev–Trinajstić information content (AvgIpc) is 2.42. The van der Waals surface area contributed by atoms with Crippen LogP contribution in [-0.2, 0) is 14.8 Å². The van der Waals surface area contributed by atoms with E-state index in [1.54, 1.807) is 19.1 Å². The van der Waals surface area contributed by atoms with Gasteiger partial charge in [-0.2, -0.15) is 4.31 Å². The molecule has 1 aromatic rings. The maximum atomic E-state index is 12.9. The molecule has 1 aliphatic heterocycles. The summed E-state index contributed by atoms with van der Waals surface area (Å²) in [5.74, 6) is -0.241. The Hall–Kier alpha value is -0.440. The van der Waals surface area contributed by atoms with Crippen LogP contribution >= 0.6 is 31.9 Å². The second-order valence-electron chi connectivity index (χ2n) is 4.86. The number of nitrogens with one attached hydrogen (secondary N) is 1. The first-order valence-electron chi connectivity index (χ1n) is 6.54. The molecule has 0 radical (unpaired) electrons. The van der Waals surface area contributed by atoms with Gasteiger partial charge < -0.3 is 5.32 Å². The minimum absolute atomic E-state index is 0.174. The van der Waals surface area contributed by atoms with Crippen molar-refractivity contribution in [2.24, 2.45) is 0 Å². The van der Waals surface area contributed by atoms with Crippen LogP contribution in [0, 0.1) is 6.92 Å². The number of rotatable bonds is 3. The van der Waals surface area contributed by atoms with Gasteiger partial charge in [-0.05, 0) is 47.0 Å². The van der Waals surface area contributed by atoms with E-state index in [2.05, 4.69) is 37.2 Å². The van der Waals surface area contributed by atoms with Crippen LogP contribution in [0.2, 0.25) is 0 Å². The lowest BCUT2D eigenvalue weighted by atomic mass is 10.2. The molecule has 1 aromatic carbocycles. The molecule has 1 heterocycles. The first-order chi connectivity index (χ1) is 9.78. The van der Waals surface area contributed by atoms with E-state index in [0.29, 0.717) is 17.4 Å². The molecule has 2 rings (SSSR count). The lowest BCUT2D eigenvalue weighted by Gasteiger charge is -2.33. The number of benzene rings is 1. The highest BCUT2D eigenvalue weighted by molar-refractivity contribution is 9.11. The Labute approximate surface area is 141 Å². The zero-order chi connectivity index (χ0) is 15.8. The van der Waals surface area contributed by atoms with Crippen molar-refractivity contribution in [3.05, 3.63) is 26.6 Å². The van der Waals surface area contributed by atoms with Crippen LogP contribution in [0.15, 0.2) is 26.0 Å². The average molecular weight is 440 g/mol.